The average Bonchev–Trinajstić information content (AvgIpc) is 2.32. The summed E-state index contributed by atoms with van der Waals surface area (Å²) in [6, 6.07) is 4.43. The van der Waals surface area contributed by atoms with Gasteiger partial charge in [0.25, 0.3) is 0 Å². The van der Waals surface area contributed by atoms with Crippen LogP contribution in [0.1, 0.15) is 25.3 Å². The van der Waals surface area contributed by atoms with Crippen LogP contribution in [0.2, 0.25) is 0 Å². The summed E-state index contributed by atoms with van der Waals surface area (Å²) in [6.07, 6.45) is 0.601. The minimum absolute atomic E-state index is 0.143. The van der Waals surface area contributed by atoms with Gasteiger partial charge in [0.2, 0.25) is 0 Å². The fourth-order valence-electron chi connectivity index (χ4n) is 2.05. The van der Waals surface area contributed by atoms with Crippen molar-refractivity contribution < 1.29 is 19.0 Å². The van der Waals surface area contributed by atoms with Crippen LogP contribution in [0.15, 0.2) is 18.2 Å². The van der Waals surface area contributed by atoms with Crippen molar-refractivity contribution in [2.45, 2.75) is 45.0 Å². The summed E-state index contributed by atoms with van der Waals surface area (Å²) in [5.74, 6) is 0.380. The zero-order valence-electron chi connectivity index (χ0n) is 10.7. The van der Waals surface area contributed by atoms with Crippen LogP contribution in [-0.4, -0.2) is 30.0 Å². The van der Waals surface area contributed by atoms with Gasteiger partial charge in [-0.15, -0.1) is 0 Å². The van der Waals surface area contributed by atoms with Crippen LogP contribution in [0.5, 0.6) is 5.75 Å². The molecule has 4 heteroatoms. The molecule has 0 bridgehead atoms. The van der Waals surface area contributed by atoms with E-state index < -0.39 is 6.10 Å². The molecule has 1 saturated carbocycles. The van der Waals surface area contributed by atoms with E-state index in [1.165, 1.54) is 12.1 Å². The second kappa shape index (κ2) is 5.67. The monoisotopic (exact) mass is 254 g/mol. The Hall–Kier alpha value is -1.13. The SMILES string of the molecule is CCCOC1C(O)CC1Oc1ccc(F)cc1C. The Balaban J connectivity index is 1.96. The van der Waals surface area contributed by atoms with Crippen LogP contribution >= 0.6 is 0 Å². The smallest absolute Gasteiger partial charge is 0.130 e. The van der Waals surface area contributed by atoms with Crippen molar-refractivity contribution in [2.24, 2.45) is 0 Å². The molecule has 0 amide bonds. The molecule has 1 N–H and O–H groups in total. The summed E-state index contributed by atoms with van der Waals surface area (Å²) < 4.78 is 24.3. The lowest BCUT2D eigenvalue weighted by Gasteiger charge is -2.41. The average molecular weight is 254 g/mol. The molecule has 1 aliphatic rings. The van der Waals surface area contributed by atoms with Crippen molar-refractivity contribution in [3.63, 3.8) is 0 Å². The Morgan fingerprint density at radius 3 is 2.83 bits per heavy atom. The lowest BCUT2D eigenvalue weighted by molar-refractivity contribution is -0.162. The summed E-state index contributed by atoms with van der Waals surface area (Å²) in [5, 5.41) is 9.63. The van der Waals surface area contributed by atoms with Crippen molar-refractivity contribution in [1.82, 2.24) is 0 Å². The standard InChI is InChI=1S/C14H19FO3/c1-3-6-17-14-11(16)8-13(14)18-12-5-4-10(15)7-9(12)2/h4-5,7,11,13-14,16H,3,6,8H2,1-2H3. The summed E-state index contributed by atoms with van der Waals surface area (Å²) in [7, 11) is 0. The molecule has 2 rings (SSSR count). The molecule has 3 nitrogen and oxygen atoms in total. The molecule has 0 aliphatic heterocycles. The van der Waals surface area contributed by atoms with Gasteiger partial charge in [-0.25, -0.2) is 4.39 Å². The third kappa shape index (κ3) is 2.82. The number of rotatable bonds is 5. The molecule has 100 valence electrons. The first-order valence-corrected chi connectivity index (χ1v) is 6.34. The molecule has 0 saturated heterocycles. The number of hydrogen-bond donors (Lipinski definition) is 1. The van der Waals surface area contributed by atoms with Crippen LogP contribution in [0.25, 0.3) is 0 Å². The molecular weight excluding hydrogens is 235 g/mol. The minimum Gasteiger partial charge on any atom is -0.487 e. The van der Waals surface area contributed by atoms with Gasteiger partial charge < -0.3 is 14.6 Å². The van der Waals surface area contributed by atoms with Crippen LogP contribution in [0.3, 0.4) is 0 Å². The first kappa shape index (κ1) is 13.3. The second-order valence-corrected chi connectivity index (χ2v) is 4.70. The predicted molar refractivity (Wildman–Crippen MR) is 66.2 cm³/mol. The molecule has 0 spiro atoms. The van der Waals surface area contributed by atoms with Gasteiger partial charge in [0.15, 0.2) is 0 Å². The van der Waals surface area contributed by atoms with Gasteiger partial charge in [-0.2, -0.15) is 0 Å². The Morgan fingerprint density at radius 2 is 2.22 bits per heavy atom. The van der Waals surface area contributed by atoms with Gasteiger partial charge in [-0.3, -0.25) is 0 Å². The van der Waals surface area contributed by atoms with Crippen molar-refractivity contribution in [1.29, 1.82) is 0 Å². The maximum Gasteiger partial charge on any atom is 0.130 e. The van der Waals surface area contributed by atoms with Crippen molar-refractivity contribution in [2.75, 3.05) is 6.61 Å². The highest BCUT2D eigenvalue weighted by molar-refractivity contribution is 5.33. The molecule has 1 aromatic rings. The van der Waals surface area contributed by atoms with E-state index in [1.807, 2.05) is 6.92 Å². The van der Waals surface area contributed by atoms with Crippen LogP contribution in [-0.2, 0) is 4.74 Å². The Labute approximate surface area is 107 Å². The van der Waals surface area contributed by atoms with E-state index in [-0.39, 0.29) is 18.0 Å². The summed E-state index contributed by atoms with van der Waals surface area (Å²) in [5.41, 5.74) is 0.755. The summed E-state index contributed by atoms with van der Waals surface area (Å²) in [4.78, 5) is 0. The zero-order valence-corrected chi connectivity index (χ0v) is 10.7. The molecule has 0 radical (unpaired) electrons. The van der Waals surface area contributed by atoms with Gasteiger partial charge in [0.1, 0.15) is 23.8 Å². The van der Waals surface area contributed by atoms with E-state index in [0.29, 0.717) is 18.8 Å². The number of aliphatic hydroxyl groups is 1. The normalized spacial score (nSPS) is 26.8. The van der Waals surface area contributed by atoms with Crippen LogP contribution in [0, 0.1) is 12.7 Å². The number of aryl methyl sites for hydroxylation is 1. The topological polar surface area (TPSA) is 38.7 Å². The lowest BCUT2D eigenvalue weighted by Crippen LogP contribution is -2.55. The number of halogens is 1. The highest BCUT2D eigenvalue weighted by Crippen LogP contribution is 2.30. The lowest BCUT2D eigenvalue weighted by atomic mass is 9.88. The van der Waals surface area contributed by atoms with E-state index in [2.05, 4.69) is 0 Å². The fourth-order valence-corrected chi connectivity index (χ4v) is 2.05. The van der Waals surface area contributed by atoms with E-state index in [0.717, 1.165) is 12.0 Å². The van der Waals surface area contributed by atoms with Crippen molar-refractivity contribution in [3.8, 4) is 5.75 Å². The van der Waals surface area contributed by atoms with Crippen molar-refractivity contribution in [3.05, 3.63) is 29.6 Å². The van der Waals surface area contributed by atoms with E-state index >= 15 is 0 Å². The van der Waals surface area contributed by atoms with Crippen LogP contribution in [0.4, 0.5) is 4.39 Å². The Bertz CT molecular complexity index is 408. The number of hydrogen-bond acceptors (Lipinski definition) is 3. The number of benzene rings is 1. The van der Waals surface area contributed by atoms with Gasteiger partial charge in [0, 0.05) is 13.0 Å². The minimum atomic E-state index is -0.456. The maximum absolute atomic E-state index is 13.0. The molecule has 1 aliphatic carbocycles. The van der Waals surface area contributed by atoms with Gasteiger partial charge in [-0.1, -0.05) is 6.92 Å². The molecule has 0 heterocycles. The molecule has 18 heavy (non-hydrogen) atoms. The predicted octanol–water partition coefficient (Wildman–Crippen LogP) is 2.44. The quantitative estimate of drug-likeness (QED) is 0.877. The highest BCUT2D eigenvalue weighted by Gasteiger charge is 2.42. The van der Waals surface area contributed by atoms with Gasteiger partial charge in [-0.05, 0) is 37.1 Å². The van der Waals surface area contributed by atoms with Gasteiger partial charge >= 0.3 is 0 Å². The first-order chi connectivity index (χ1) is 8.61. The maximum atomic E-state index is 13.0. The Kier molecular flexibility index (Phi) is 4.19. The van der Waals surface area contributed by atoms with E-state index in [1.54, 1.807) is 13.0 Å². The largest absolute Gasteiger partial charge is 0.487 e. The van der Waals surface area contributed by atoms with E-state index in [4.69, 9.17) is 9.47 Å². The third-order valence-electron chi connectivity index (χ3n) is 3.15. The molecule has 1 aromatic carbocycles. The molecular formula is C14H19FO3. The first-order valence-electron chi connectivity index (χ1n) is 6.34. The third-order valence-corrected chi connectivity index (χ3v) is 3.15. The zero-order chi connectivity index (χ0) is 13.1. The van der Waals surface area contributed by atoms with Gasteiger partial charge in [0.05, 0.1) is 6.10 Å². The number of aliphatic hydroxyl groups excluding tert-OH is 1. The molecule has 1 fully saturated rings. The summed E-state index contributed by atoms with van der Waals surface area (Å²) in [6.45, 7) is 4.43. The Morgan fingerprint density at radius 1 is 1.44 bits per heavy atom. The highest BCUT2D eigenvalue weighted by atomic mass is 19.1. The number of ether oxygens (including phenoxy) is 2. The molecule has 3 atom stereocenters. The molecule has 3 unspecified atom stereocenters. The van der Waals surface area contributed by atoms with Crippen molar-refractivity contribution >= 4 is 0 Å². The van der Waals surface area contributed by atoms with E-state index in [9.17, 15) is 9.50 Å². The second-order valence-electron chi connectivity index (χ2n) is 4.70. The fraction of sp³-hybridized carbons (Fsp3) is 0.571. The van der Waals surface area contributed by atoms with Crippen LogP contribution < -0.4 is 4.74 Å². The summed E-state index contributed by atoms with van der Waals surface area (Å²) >= 11 is 0. The molecule has 0 aromatic heterocycles.